The molecule has 0 amide bonds. The predicted molar refractivity (Wildman–Crippen MR) is 80.6 cm³/mol. The van der Waals surface area contributed by atoms with Crippen LogP contribution in [-0.2, 0) is 9.53 Å². The van der Waals surface area contributed by atoms with Crippen LogP contribution < -0.4 is 0 Å². The number of allylic oxidation sites excluding steroid dienone is 3. The van der Waals surface area contributed by atoms with Crippen molar-refractivity contribution in [3.63, 3.8) is 0 Å². The molecule has 1 saturated carbocycles. The molecule has 1 aliphatic carbocycles. The Hall–Kier alpha value is -1.42. The summed E-state index contributed by atoms with van der Waals surface area (Å²) >= 11 is 0. The van der Waals surface area contributed by atoms with E-state index in [0.29, 0.717) is 6.42 Å². The molecule has 2 fully saturated rings. The highest BCUT2D eigenvalue weighted by molar-refractivity contribution is 5.85. The molecule has 5 heteroatoms. The number of fused-ring (bicyclic) bond motifs is 1. The van der Waals surface area contributed by atoms with Crippen molar-refractivity contribution in [1.29, 1.82) is 0 Å². The molecule has 1 N–H and O–H groups in total. The fourth-order valence-corrected chi connectivity index (χ4v) is 4.16. The maximum Gasteiger partial charge on any atom is 0.344 e. The Morgan fingerprint density at radius 1 is 1.38 bits per heavy atom. The molecular weight excluding hydrogens is 290 g/mol. The third-order valence-electron chi connectivity index (χ3n) is 5.10. The van der Waals surface area contributed by atoms with Gasteiger partial charge in [0.15, 0.2) is 6.10 Å². The quantitative estimate of drug-likeness (QED) is 0.804. The summed E-state index contributed by atoms with van der Waals surface area (Å²) in [6.07, 6.45) is 12.9. The van der Waals surface area contributed by atoms with Crippen molar-refractivity contribution in [2.45, 2.75) is 51.0 Å². The minimum absolute atomic E-state index is 0. The van der Waals surface area contributed by atoms with Crippen LogP contribution >= 0.6 is 12.4 Å². The van der Waals surface area contributed by atoms with Gasteiger partial charge >= 0.3 is 5.97 Å². The number of rotatable bonds is 1. The Morgan fingerprint density at radius 3 is 3.05 bits per heavy atom. The molecule has 0 radical (unpaired) electrons. The maximum absolute atomic E-state index is 11.4. The van der Waals surface area contributed by atoms with E-state index < -0.39 is 12.1 Å². The molecule has 3 heterocycles. The summed E-state index contributed by atoms with van der Waals surface area (Å²) in [5.41, 5.74) is 2.44. The first-order valence-electron chi connectivity index (χ1n) is 7.50. The zero-order chi connectivity index (χ0) is 13.7. The number of hydrogen-bond donors (Lipinski definition) is 1. The Bertz CT molecular complexity index is 566. The summed E-state index contributed by atoms with van der Waals surface area (Å²) in [7, 11) is 0. The number of carbonyl (C=O) groups is 1. The van der Waals surface area contributed by atoms with Crippen molar-refractivity contribution < 1.29 is 14.6 Å². The van der Waals surface area contributed by atoms with Gasteiger partial charge in [-0.3, -0.25) is 0 Å². The lowest BCUT2D eigenvalue weighted by Gasteiger charge is -2.42. The lowest BCUT2D eigenvalue weighted by atomic mass is 9.65. The smallest absolute Gasteiger partial charge is 0.344 e. The molecule has 0 aromatic rings. The highest BCUT2D eigenvalue weighted by Gasteiger charge is 2.54. The van der Waals surface area contributed by atoms with Gasteiger partial charge in [0, 0.05) is 18.8 Å². The summed E-state index contributed by atoms with van der Waals surface area (Å²) in [5.74, 6) is 0.135. The van der Waals surface area contributed by atoms with Crippen molar-refractivity contribution in [3.8, 4) is 0 Å². The number of nitrogens with zero attached hydrogens (tertiary/aromatic N) is 1. The van der Waals surface area contributed by atoms with Gasteiger partial charge in [0.25, 0.3) is 0 Å². The van der Waals surface area contributed by atoms with Gasteiger partial charge in [-0.2, -0.15) is 0 Å². The van der Waals surface area contributed by atoms with Crippen LogP contribution in [0.2, 0.25) is 0 Å². The van der Waals surface area contributed by atoms with Gasteiger partial charge in [-0.15, -0.1) is 12.4 Å². The van der Waals surface area contributed by atoms with Gasteiger partial charge in [0.05, 0.1) is 11.1 Å². The van der Waals surface area contributed by atoms with Crippen LogP contribution in [0.25, 0.3) is 0 Å². The second-order valence-corrected chi connectivity index (χ2v) is 6.20. The maximum atomic E-state index is 11.4. The number of hydrogen-bond acceptors (Lipinski definition) is 3. The van der Waals surface area contributed by atoms with Gasteiger partial charge in [-0.25, -0.2) is 4.79 Å². The molecular formula is C16H20ClNO3. The lowest BCUT2D eigenvalue weighted by molar-refractivity contribution is -0.146. The number of carboxylic acid groups (broad SMARTS) is 1. The molecule has 0 bridgehead atoms. The van der Waals surface area contributed by atoms with Crippen molar-refractivity contribution in [1.82, 2.24) is 4.90 Å². The van der Waals surface area contributed by atoms with Crippen LogP contribution in [0.15, 0.2) is 35.5 Å². The number of halogens is 1. The molecule has 0 aromatic carbocycles. The summed E-state index contributed by atoms with van der Waals surface area (Å²) in [6.45, 7) is 0. The number of aliphatic carboxylic acids is 1. The number of ether oxygens (including phenoxy) is 1. The molecule has 1 spiro atoms. The SMILES string of the molecule is Cl.O=C(O)C1CC23CCCCC2=CN2C=CCCC2=C3O1. The highest BCUT2D eigenvalue weighted by atomic mass is 35.5. The summed E-state index contributed by atoms with van der Waals surface area (Å²) in [4.78, 5) is 13.5. The van der Waals surface area contributed by atoms with Gasteiger partial charge in [-0.05, 0) is 37.7 Å². The predicted octanol–water partition coefficient (Wildman–Crippen LogP) is 3.56. The van der Waals surface area contributed by atoms with Crippen molar-refractivity contribution >= 4 is 18.4 Å². The monoisotopic (exact) mass is 309 g/mol. The first-order valence-corrected chi connectivity index (χ1v) is 7.50. The second kappa shape index (κ2) is 5.09. The Morgan fingerprint density at radius 2 is 2.24 bits per heavy atom. The van der Waals surface area contributed by atoms with E-state index in [4.69, 9.17) is 4.74 Å². The average Bonchev–Trinajstić information content (AvgIpc) is 2.85. The van der Waals surface area contributed by atoms with E-state index in [9.17, 15) is 9.90 Å². The molecule has 114 valence electrons. The molecule has 2 atom stereocenters. The van der Waals surface area contributed by atoms with E-state index in [1.54, 1.807) is 0 Å². The molecule has 4 nitrogen and oxygen atoms in total. The molecule has 2 unspecified atom stereocenters. The molecule has 4 aliphatic rings. The highest BCUT2D eigenvalue weighted by Crippen LogP contribution is 2.58. The van der Waals surface area contributed by atoms with Crippen LogP contribution in [0, 0.1) is 5.41 Å². The van der Waals surface area contributed by atoms with Crippen molar-refractivity contribution in [3.05, 3.63) is 35.5 Å². The summed E-state index contributed by atoms with van der Waals surface area (Å²) in [5, 5.41) is 9.35. The third-order valence-corrected chi connectivity index (χ3v) is 5.10. The van der Waals surface area contributed by atoms with Crippen LogP contribution in [0.4, 0.5) is 0 Å². The van der Waals surface area contributed by atoms with Crippen molar-refractivity contribution in [2.75, 3.05) is 0 Å². The van der Waals surface area contributed by atoms with Gasteiger partial charge < -0.3 is 14.7 Å². The third kappa shape index (κ3) is 2.00. The van der Waals surface area contributed by atoms with Gasteiger partial charge in [-0.1, -0.05) is 12.5 Å². The zero-order valence-corrected chi connectivity index (χ0v) is 12.7. The fourth-order valence-electron chi connectivity index (χ4n) is 4.16. The van der Waals surface area contributed by atoms with Crippen LogP contribution in [0.3, 0.4) is 0 Å². The van der Waals surface area contributed by atoms with Gasteiger partial charge in [0.2, 0.25) is 0 Å². The minimum atomic E-state index is -0.829. The second-order valence-electron chi connectivity index (χ2n) is 6.20. The van der Waals surface area contributed by atoms with Gasteiger partial charge in [0.1, 0.15) is 5.76 Å². The van der Waals surface area contributed by atoms with Crippen LogP contribution in [0.5, 0.6) is 0 Å². The van der Waals surface area contributed by atoms with E-state index in [-0.39, 0.29) is 17.8 Å². The van der Waals surface area contributed by atoms with E-state index in [1.807, 2.05) is 0 Å². The van der Waals surface area contributed by atoms with E-state index >= 15 is 0 Å². The Kier molecular flexibility index (Phi) is 3.52. The number of carboxylic acids is 1. The van der Waals surface area contributed by atoms with E-state index in [1.165, 1.54) is 24.1 Å². The average molecular weight is 310 g/mol. The van der Waals surface area contributed by atoms with E-state index in [0.717, 1.165) is 31.4 Å². The Balaban J connectivity index is 0.00000132. The lowest BCUT2D eigenvalue weighted by Crippen LogP contribution is -2.34. The summed E-state index contributed by atoms with van der Waals surface area (Å²) in [6, 6.07) is 0. The Labute approximate surface area is 130 Å². The van der Waals surface area contributed by atoms with Crippen LogP contribution in [0.1, 0.15) is 44.9 Å². The first kappa shape index (κ1) is 14.5. The molecule has 4 rings (SSSR count). The van der Waals surface area contributed by atoms with Crippen molar-refractivity contribution in [2.24, 2.45) is 5.41 Å². The standard InChI is InChI=1S/C16H19NO3.ClH/c18-15(19)13-9-16-7-3-1-5-11(16)10-17-8-4-2-6-12(17)14(16)20-13;/h4,8,10,13H,1-3,5-7,9H2,(H,18,19);1H. The minimum Gasteiger partial charge on any atom is -0.480 e. The summed E-state index contributed by atoms with van der Waals surface area (Å²) < 4.78 is 5.92. The van der Waals surface area contributed by atoms with Crippen LogP contribution in [-0.4, -0.2) is 22.1 Å². The molecule has 21 heavy (non-hydrogen) atoms. The zero-order valence-electron chi connectivity index (χ0n) is 11.9. The molecule has 3 aliphatic heterocycles. The first-order chi connectivity index (χ1) is 9.71. The topological polar surface area (TPSA) is 49.8 Å². The largest absolute Gasteiger partial charge is 0.480 e. The molecule has 1 saturated heterocycles. The van der Waals surface area contributed by atoms with E-state index in [2.05, 4.69) is 23.4 Å². The normalized spacial score (nSPS) is 33.2. The fraction of sp³-hybridized carbons (Fsp3) is 0.562. The molecule has 0 aromatic heterocycles.